The Morgan fingerprint density at radius 2 is 0.877 bits per heavy atom. The van der Waals surface area contributed by atoms with Gasteiger partial charge in [0.05, 0.1) is 22.4 Å². The van der Waals surface area contributed by atoms with Crippen LogP contribution in [-0.4, -0.2) is 19.5 Å². The summed E-state index contributed by atoms with van der Waals surface area (Å²) in [4.78, 5) is 20.2. The second-order valence-electron chi connectivity index (χ2n) is 14.1. The largest absolute Gasteiger partial charge is 0.308 e. The highest BCUT2D eigenvalue weighted by Crippen LogP contribution is 2.52. The van der Waals surface area contributed by atoms with Crippen molar-refractivity contribution in [1.29, 1.82) is 0 Å². The van der Waals surface area contributed by atoms with Crippen molar-refractivity contribution in [3.05, 3.63) is 200 Å². The molecule has 8 aromatic carbocycles. The van der Waals surface area contributed by atoms with Gasteiger partial charge >= 0.3 is 0 Å². The van der Waals surface area contributed by atoms with E-state index in [0.717, 1.165) is 49.7 Å². The Morgan fingerprint density at radius 3 is 1.65 bits per heavy atom. The molecule has 0 saturated carbocycles. The highest BCUT2D eigenvalue weighted by Gasteiger charge is 2.25. The van der Waals surface area contributed by atoms with Gasteiger partial charge in [-0.2, -0.15) is 9.97 Å². The monoisotopic (exact) mass is 747 g/mol. The number of aromatic nitrogens is 4. The maximum absolute atomic E-state index is 5.19. The van der Waals surface area contributed by atoms with Crippen molar-refractivity contribution in [2.75, 3.05) is 4.90 Å². The predicted octanol–water partition coefficient (Wildman–Crippen LogP) is 13.6. The van der Waals surface area contributed by atoms with Crippen molar-refractivity contribution in [3.63, 3.8) is 0 Å². The molecule has 57 heavy (non-hydrogen) atoms. The molecule has 10 aromatic rings. The first-order valence-electron chi connectivity index (χ1n) is 19.0. The molecule has 0 radical (unpaired) electrons. The van der Waals surface area contributed by atoms with Crippen molar-refractivity contribution >= 4 is 50.6 Å². The number of rotatable bonds is 6. The number of hydrogen-bond donors (Lipinski definition) is 0. The van der Waals surface area contributed by atoms with Crippen molar-refractivity contribution in [2.24, 2.45) is 0 Å². The fraction of sp³-hybridized carbons (Fsp3) is 0. The Labute approximate surface area is 334 Å². The summed E-state index contributed by atoms with van der Waals surface area (Å²) in [5.74, 6) is 1.83. The van der Waals surface area contributed by atoms with E-state index in [2.05, 4.69) is 173 Å². The van der Waals surface area contributed by atoms with E-state index in [0.29, 0.717) is 17.6 Å². The average molecular weight is 748 g/mol. The topological polar surface area (TPSA) is 46.8 Å². The minimum Gasteiger partial charge on any atom is -0.308 e. The molecule has 1 aliphatic rings. The molecule has 0 aliphatic carbocycles. The number of nitrogens with zero attached hydrogens (tertiary/aromatic N) is 5. The molecule has 1 aliphatic heterocycles. The van der Waals surface area contributed by atoms with Gasteiger partial charge in [-0.05, 0) is 76.9 Å². The van der Waals surface area contributed by atoms with Gasteiger partial charge in [-0.15, -0.1) is 0 Å². The lowest BCUT2D eigenvalue weighted by Gasteiger charge is -2.33. The third-order valence-electron chi connectivity index (χ3n) is 10.7. The van der Waals surface area contributed by atoms with Crippen LogP contribution >= 0.6 is 11.8 Å². The van der Waals surface area contributed by atoms with Crippen molar-refractivity contribution < 1.29 is 0 Å². The zero-order chi connectivity index (χ0) is 37.7. The molecule has 3 heterocycles. The van der Waals surface area contributed by atoms with E-state index >= 15 is 0 Å². The van der Waals surface area contributed by atoms with Gasteiger partial charge in [0.25, 0.3) is 0 Å². The quantitative estimate of drug-likeness (QED) is 0.169. The highest BCUT2D eigenvalue weighted by atomic mass is 32.2. The first-order chi connectivity index (χ1) is 28.2. The van der Waals surface area contributed by atoms with E-state index in [1.165, 1.54) is 32.3 Å². The lowest BCUT2D eigenvalue weighted by Crippen LogP contribution is -2.14. The first kappa shape index (κ1) is 33.1. The van der Waals surface area contributed by atoms with Crippen LogP contribution in [0.5, 0.6) is 0 Å². The number of benzene rings is 8. The molecule has 0 bridgehead atoms. The molecule has 11 rings (SSSR count). The molecule has 0 saturated heterocycles. The molecule has 0 N–H and O–H groups in total. The minimum atomic E-state index is 0.579. The molecule has 6 heteroatoms. The molecular weight excluding hydrogens is 715 g/mol. The van der Waals surface area contributed by atoms with Gasteiger partial charge in [-0.3, -0.25) is 4.57 Å². The Balaban J connectivity index is 1.04. The molecule has 0 amide bonds. The number of anilines is 3. The summed E-state index contributed by atoms with van der Waals surface area (Å²) >= 11 is 1.83. The number of hydrogen-bond acceptors (Lipinski definition) is 5. The fourth-order valence-corrected chi connectivity index (χ4v) is 9.01. The summed E-state index contributed by atoms with van der Waals surface area (Å²) in [7, 11) is 0. The van der Waals surface area contributed by atoms with E-state index in [9.17, 15) is 0 Å². The molecular formula is C51H33N5S. The van der Waals surface area contributed by atoms with Gasteiger partial charge in [0.2, 0.25) is 5.95 Å². The Bertz CT molecular complexity index is 3090. The molecule has 0 unspecified atom stereocenters. The fourth-order valence-electron chi connectivity index (χ4n) is 7.91. The van der Waals surface area contributed by atoms with Crippen LogP contribution in [-0.2, 0) is 0 Å². The average Bonchev–Trinajstić information content (AvgIpc) is 3.62. The van der Waals surface area contributed by atoms with Crippen LogP contribution in [0.2, 0.25) is 0 Å². The molecule has 2 aromatic heterocycles. The van der Waals surface area contributed by atoms with Crippen molar-refractivity contribution in [1.82, 2.24) is 19.5 Å². The smallest absolute Gasteiger partial charge is 0.238 e. The molecule has 268 valence electrons. The van der Waals surface area contributed by atoms with Gasteiger partial charge in [0, 0.05) is 37.4 Å². The van der Waals surface area contributed by atoms with E-state index in [4.69, 9.17) is 15.0 Å². The van der Waals surface area contributed by atoms with Gasteiger partial charge in [-0.25, -0.2) is 4.98 Å². The van der Waals surface area contributed by atoms with E-state index in [-0.39, 0.29) is 0 Å². The summed E-state index contributed by atoms with van der Waals surface area (Å²) in [6, 6.07) is 70.4. The molecule has 0 fully saturated rings. The second-order valence-corrected chi connectivity index (χ2v) is 15.2. The number of para-hydroxylation sites is 3. The van der Waals surface area contributed by atoms with Crippen LogP contribution in [0.3, 0.4) is 0 Å². The Hall–Kier alpha value is -7.28. The summed E-state index contributed by atoms with van der Waals surface area (Å²) in [6.07, 6.45) is 0. The number of fused-ring (bicyclic) bond motifs is 5. The van der Waals surface area contributed by atoms with Gasteiger partial charge in [0.15, 0.2) is 11.6 Å². The predicted molar refractivity (Wildman–Crippen MR) is 235 cm³/mol. The maximum Gasteiger partial charge on any atom is 0.238 e. The van der Waals surface area contributed by atoms with Crippen LogP contribution in [0.25, 0.3) is 72.8 Å². The Morgan fingerprint density at radius 1 is 0.351 bits per heavy atom. The summed E-state index contributed by atoms with van der Waals surface area (Å²) < 4.78 is 2.18. The first-order valence-corrected chi connectivity index (χ1v) is 19.8. The zero-order valence-corrected chi connectivity index (χ0v) is 31.5. The van der Waals surface area contributed by atoms with Gasteiger partial charge < -0.3 is 4.90 Å². The zero-order valence-electron chi connectivity index (χ0n) is 30.7. The molecule has 0 spiro atoms. The van der Waals surface area contributed by atoms with Gasteiger partial charge in [0.1, 0.15) is 0 Å². The highest BCUT2D eigenvalue weighted by molar-refractivity contribution is 7.99. The standard InChI is InChI=1S/C51H33N5S/c1-4-14-34(15-5-1)35-24-26-37(27-25-35)50-52-49(36-16-6-2-7-17-36)53-51(54-50)56-43-21-11-10-20-41(43)42-32-38(28-30-44(42)56)39-29-31-46-48(33-39)57-47-23-13-12-22-45(47)55(46)40-18-8-3-9-19-40/h1-33H. The Kier molecular flexibility index (Phi) is 8.00. The molecule has 5 nitrogen and oxygen atoms in total. The van der Waals surface area contributed by atoms with Crippen molar-refractivity contribution in [3.8, 4) is 51.0 Å². The van der Waals surface area contributed by atoms with E-state index in [1.807, 2.05) is 48.2 Å². The second kappa shape index (κ2) is 13.8. The minimum absolute atomic E-state index is 0.579. The van der Waals surface area contributed by atoms with Crippen LogP contribution < -0.4 is 4.90 Å². The van der Waals surface area contributed by atoms with Crippen LogP contribution in [0, 0.1) is 0 Å². The summed E-state index contributed by atoms with van der Waals surface area (Å²) in [5.41, 5.74) is 12.1. The third-order valence-corrected chi connectivity index (χ3v) is 11.8. The van der Waals surface area contributed by atoms with Crippen molar-refractivity contribution in [2.45, 2.75) is 9.79 Å². The van der Waals surface area contributed by atoms with E-state index in [1.54, 1.807) is 0 Å². The summed E-state index contributed by atoms with van der Waals surface area (Å²) in [6.45, 7) is 0. The SMILES string of the molecule is c1ccc(-c2ccc(-c3nc(-c4ccccc4)nc(-n4c5ccccc5c5cc(-c6ccc7c(c6)Sc6ccccc6N7c6ccccc6)ccc54)n3)cc2)cc1. The lowest BCUT2D eigenvalue weighted by molar-refractivity contribution is 0.953. The normalized spacial score (nSPS) is 12.1. The lowest BCUT2D eigenvalue weighted by atomic mass is 10.0. The van der Waals surface area contributed by atoms with Crippen LogP contribution in [0.4, 0.5) is 17.1 Å². The van der Waals surface area contributed by atoms with Crippen LogP contribution in [0.15, 0.2) is 210 Å². The molecule has 0 atom stereocenters. The maximum atomic E-state index is 5.19. The van der Waals surface area contributed by atoms with Crippen LogP contribution in [0.1, 0.15) is 0 Å². The third kappa shape index (κ3) is 5.86. The summed E-state index contributed by atoms with van der Waals surface area (Å²) in [5, 5.41) is 2.28. The van der Waals surface area contributed by atoms with E-state index < -0.39 is 0 Å². The van der Waals surface area contributed by atoms with Gasteiger partial charge in [-0.1, -0.05) is 157 Å².